The predicted octanol–water partition coefficient (Wildman–Crippen LogP) is 0.776. The first-order chi connectivity index (χ1) is 13.9. The Kier molecular flexibility index (Phi) is 5.18. The molecular formula is C19H18ClN5O4. The molecule has 2 atom stereocenters. The molecule has 1 aliphatic rings. The summed E-state index contributed by atoms with van der Waals surface area (Å²) < 4.78 is 7.82. The lowest BCUT2D eigenvalue weighted by molar-refractivity contribution is 0.0884. The summed E-state index contributed by atoms with van der Waals surface area (Å²) in [6.07, 6.45) is 2.28. The third-order valence-electron chi connectivity index (χ3n) is 4.60. The van der Waals surface area contributed by atoms with Gasteiger partial charge in [-0.25, -0.2) is 0 Å². The van der Waals surface area contributed by atoms with Crippen molar-refractivity contribution in [1.29, 1.82) is 0 Å². The van der Waals surface area contributed by atoms with Gasteiger partial charge in [0, 0.05) is 17.6 Å². The van der Waals surface area contributed by atoms with Crippen LogP contribution >= 0.6 is 11.6 Å². The highest BCUT2D eigenvalue weighted by Gasteiger charge is 2.29. The molecule has 0 radical (unpaired) electrons. The number of ether oxygens (including phenoxy) is 1. The van der Waals surface area contributed by atoms with Gasteiger partial charge in [-0.2, -0.15) is 14.9 Å². The monoisotopic (exact) mass is 415 g/mol. The van der Waals surface area contributed by atoms with Crippen molar-refractivity contribution >= 4 is 17.5 Å². The second-order valence-corrected chi connectivity index (χ2v) is 7.16. The van der Waals surface area contributed by atoms with Gasteiger partial charge < -0.3 is 15.2 Å². The Labute approximate surface area is 170 Å². The van der Waals surface area contributed by atoms with Gasteiger partial charge in [-0.3, -0.25) is 14.3 Å². The van der Waals surface area contributed by atoms with Crippen LogP contribution in [0.3, 0.4) is 0 Å². The van der Waals surface area contributed by atoms with Crippen LogP contribution in [0.15, 0.2) is 47.5 Å². The van der Waals surface area contributed by atoms with E-state index in [9.17, 15) is 14.7 Å². The Morgan fingerprint density at radius 2 is 2.07 bits per heavy atom. The molecule has 3 aromatic rings. The smallest absolute Gasteiger partial charge is 0.284 e. The molecule has 2 aromatic heterocycles. The van der Waals surface area contributed by atoms with E-state index in [4.69, 9.17) is 16.3 Å². The van der Waals surface area contributed by atoms with Crippen molar-refractivity contribution in [2.45, 2.75) is 12.1 Å². The van der Waals surface area contributed by atoms with Crippen molar-refractivity contribution in [2.24, 2.45) is 7.05 Å². The molecule has 2 N–H and O–H groups in total. The quantitative estimate of drug-likeness (QED) is 0.651. The van der Waals surface area contributed by atoms with Crippen LogP contribution in [0.4, 0.5) is 0 Å². The number of amides is 1. The van der Waals surface area contributed by atoms with Crippen LogP contribution in [0.1, 0.15) is 10.4 Å². The Morgan fingerprint density at radius 3 is 2.69 bits per heavy atom. The number of carbonyl (C=O) groups is 1. The van der Waals surface area contributed by atoms with Crippen LogP contribution < -0.4 is 10.9 Å². The number of aryl methyl sites for hydroxylation is 1. The lowest BCUT2D eigenvalue weighted by atomic mass is 10.1. The molecular weight excluding hydrogens is 398 g/mol. The largest absolute Gasteiger partial charge is 0.388 e. The molecule has 9 nitrogen and oxygen atoms in total. The van der Waals surface area contributed by atoms with Crippen molar-refractivity contribution in [3.63, 3.8) is 0 Å². The lowest BCUT2D eigenvalue weighted by Gasteiger charge is -2.15. The van der Waals surface area contributed by atoms with Gasteiger partial charge in [0.05, 0.1) is 43.4 Å². The van der Waals surface area contributed by atoms with Crippen LogP contribution in [0.5, 0.6) is 0 Å². The van der Waals surface area contributed by atoms with Crippen LogP contribution in [-0.4, -0.2) is 55.9 Å². The van der Waals surface area contributed by atoms with E-state index >= 15 is 0 Å². The van der Waals surface area contributed by atoms with E-state index < -0.39 is 23.6 Å². The number of aliphatic hydroxyl groups excluding tert-OH is 1. The zero-order valence-corrected chi connectivity index (χ0v) is 16.2. The number of hydrogen-bond acceptors (Lipinski definition) is 6. The van der Waals surface area contributed by atoms with E-state index in [1.165, 1.54) is 16.9 Å². The first-order valence-corrected chi connectivity index (χ1v) is 9.26. The second-order valence-electron chi connectivity index (χ2n) is 6.72. The standard InChI is InChI=1S/C19H18ClN5O4/c1-24-8-13(7-21-24)25-19(28)14(18(27)22-16-9-29-10-17(16)26)6-15(23-25)11-2-4-12(20)5-3-11/h2-8,16-17,26H,9-10H2,1H3,(H,22,27). The first kappa shape index (κ1) is 19.3. The zero-order valence-electron chi connectivity index (χ0n) is 15.4. The molecule has 150 valence electrons. The van der Waals surface area contributed by atoms with E-state index in [1.54, 1.807) is 37.5 Å². The number of carbonyl (C=O) groups excluding carboxylic acids is 1. The highest BCUT2D eigenvalue weighted by Crippen LogP contribution is 2.20. The first-order valence-electron chi connectivity index (χ1n) is 8.88. The molecule has 1 aliphatic heterocycles. The van der Waals surface area contributed by atoms with E-state index in [-0.39, 0.29) is 18.8 Å². The molecule has 2 unspecified atom stereocenters. The number of halogens is 1. The molecule has 29 heavy (non-hydrogen) atoms. The molecule has 4 rings (SSSR count). The van der Waals surface area contributed by atoms with E-state index in [1.807, 2.05) is 0 Å². The van der Waals surface area contributed by atoms with Gasteiger partial charge >= 0.3 is 0 Å². The fraction of sp³-hybridized carbons (Fsp3) is 0.263. The maximum Gasteiger partial charge on any atom is 0.284 e. The van der Waals surface area contributed by atoms with Crippen molar-refractivity contribution in [2.75, 3.05) is 13.2 Å². The molecule has 1 fully saturated rings. The Balaban J connectivity index is 1.80. The lowest BCUT2D eigenvalue weighted by Crippen LogP contribution is -2.44. The van der Waals surface area contributed by atoms with Gasteiger partial charge in [-0.05, 0) is 18.2 Å². The molecule has 1 amide bonds. The number of hydrogen-bond donors (Lipinski definition) is 2. The average Bonchev–Trinajstić information content (AvgIpc) is 3.31. The number of benzene rings is 1. The normalized spacial score (nSPS) is 18.7. The van der Waals surface area contributed by atoms with E-state index in [2.05, 4.69) is 15.5 Å². The topological polar surface area (TPSA) is 111 Å². The molecule has 0 bridgehead atoms. The summed E-state index contributed by atoms with van der Waals surface area (Å²) in [4.78, 5) is 25.8. The summed E-state index contributed by atoms with van der Waals surface area (Å²) in [6.45, 7) is 0.316. The van der Waals surface area contributed by atoms with Gasteiger partial charge in [-0.15, -0.1) is 0 Å². The zero-order chi connectivity index (χ0) is 20.5. The number of nitrogens with zero attached hydrogens (tertiary/aromatic N) is 4. The van der Waals surface area contributed by atoms with Crippen molar-refractivity contribution < 1.29 is 14.6 Å². The summed E-state index contributed by atoms with van der Waals surface area (Å²) in [6, 6.07) is 7.74. The molecule has 0 saturated carbocycles. The average molecular weight is 416 g/mol. The SMILES string of the molecule is Cn1cc(-n2nc(-c3ccc(Cl)cc3)cc(C(=O)NC3COCC3O)c2=O)cn1. The molecule has 1 saturated heterocycles. The Morgan fingerprint density at radius 1 is 1.31 bits per heavy atom. The molecule has 0 aliphatic carbocycles. The minimum absolute atomic E-state index is 0.104. The fourth-order valence-electron chi connectivity index (χ4n) is 3.04. The van der Waals surface area contributed by atoms with E-state index in [0.29, 0.717) is 22.0 Å². The number of rotatable bonds is 4. The van der Waals surface area contributed by atoms with Gasteiger partial charge in [0.15, 0.2) is 0 Å². The molecule has 10 heteroatoms. The number of aliphatic hydroxyl groups is 1. The molecule has 3 heterocycles. The summed E-state index contributed by atoms with van der Waals surface area (Å²) in [5.74, 6) is -0.611. The van der Waals surface area contributed by atoms with Gasteiger partial charge in [0.25, 0.3) is 11.5 Å². The highest BCUT2D eigenvalue weighted by molar-refractivity contribution is 6.30. The number of aromatic nitrogens is 4. The van der Waals surface area contributed by atoms with E-state index in [0.717, 1.165) is 4.68 Å². The Bertz CT molecular complexity index is 1110. The van der Waals surface area contributed by atoms with Crippen LogP contribution in [0.2, 0.25) is 5.02 Å². The van der Waals surface area contributed by atoms with Gasteiger partial charge in [0.1, 0.15) is 11.3 Å². The van der Waals surface area contributed by atoms with Crippen molar-refractivity contribution in [3.8, 4) is 16.9 Å². The summed E-state index contributed by atoms with van der Waals surface area (Å²) in [5, 5.41) is 21.6. The maximum atomic E-state index is 13.0. The molecule has 1 aromatic carbocycles. The minimum atomic E-state index is -0.822. The number of nitrogens with one attached hydrogen (secondary N) is 1. The highest BCUT2D eigenvalue weighted by atomic mass is 35.5. The third-order valence-corrected chi connectivity index (χ3v) is 4.85. The van der Waals surface area contributed by atoms with Gasteiger partial charge in [0.2, 0.25) is 0 Å². The fourth-order valence-corrected chi connectivity index (χ4v) is 3.16. The van der Waals surface area contributed by atoms with Crippen LogP contribution in [-0.2, 0) is 11.8 Å². The third kappa shape index (κ3) is 3.93. The maximum absolute atomic E-state index is 13.0. The van der Waals surface area contributed by atoms with Crippen LogP contribution in [0.25, 0.3) is 16.9 Å². The summed E-state index contributed by atoms with van der Waals surface area (Å²) >= 11 is 5.96. The molecule has 0 spiro atoms. The van der Waals surface area contributed by atoms with Crippen molar-refractivity contribution in [1.82, 2.24) is 24.9 Å². The Hall–Kier alpha value is -3.01. The van der Waals surface area contributed by atoms with Gasteiger partial charge in [-0.1, -0.05) is 23.7 Å². The predicted molar refractivity (Wildman–Crippen MR) is 105 cm³/mol. The van der Waals surface area contributed by atoms with Crippen molar-refractivity contribution in [3.05, 3.63) is 63.7 Å². The second kappa shape index (κ2) is 7.78. The van der Waals surface area contributed by atoms with Crippen LogP contribution in [0, 0.1) is 0 Å². The minimum Gasteiger partial charge on any atom is -0.388 e. The summed E-state index contributed by atoms with van der Waals surface area (Å²) in [5.41, 5.74) is 0.824. The summed E-state index contributed by atoms with van der Waals surface area (Å²) in [7, 11) is 1.71.